The number of carbonyl (C=O) groups excluding carboxylic acids is 1. The zero-order valence-corrected chi connectivity index (χ0v) is 14.4. The molecule has 0 fully saturated rings. The van der Waals surface area contributed by atoms with E-state index in [9.17, 15) is 9.59 Å². The van der Waals surface area contributed by atoms with Gasteiger partial charge in [0.15, 0.2) is 11.4 Å². The Morgan fingerprint density at radius 2 is 1.96 bits per heavy atom. The van der Waals surface area contributed by atoms with Crippen molar-refractivity contribution in [1.82, 2.24) is 0 Å². The lowest BCUT2D eigenvalue weighted by molar-refractivity contribution is 0.104. The maximum Gasteiger partial charge on any atom is 0.396 e. The number of hydrogen-bond acceptors (Lipinski definition) is 5. The fourth-order valence-corrected chi connectivity index (χ4v) is 3.23. The number of allylic oxidation sites excluding steroid dienone is 1. The molecule has 0 N–H and O–H groups in total. The van der Waals surface area contributed by atoms with E-state index < -0.39 is 4.94 Å². The summed E-state index contributed by atoms with van der Waals surface area (Å²) in [5.41, 5.74) is 1.63. The molecule has 116 valence electrons. The van der Waals surface area contributed by atoms with E-state index in [0.717, 1.165) is 21.4 Å². The monoisotopic (exact) mass is 390 g/mol. The van der Waals surface area contributed by atoms with Crippen LogP contribution in [0.15, 0.2) is 56.2 Å². The van der Waals surface area contributed by atoms with Crippen molar-refractivity contribution in [2.75, 3.05) is 7.11 Å². The molecule has 23 heavy (non-hydrogen) atoms. The van der Waals surface area contributed by atoms with Gasteiger partial charge in [-0.25, -0.2) is 4.79 Å². The first-order chi connectivity index (χ1) is 11.1. The second-order valence-corrected chi connectivity index (χ2v) is 6.53. The molecule has 0 bridgehead atoms. The van der Waals surface area contributed by atoms with Crippen LogP contribution in [-0.4, -0.2) is 12.9 Å². The maximum absolute atomic E-state index is 12.6. The van der Waals surface area contributed by atoms with Crippen LogP contribution < -0.4 is 9.68 Å². The van der Waals surface area contributed by atoms with Gasteiger partial charge in [-0.3, -0.25) is 4.79 Å². The number of fused-ring (bicyclic) bond motifs is 1. The Morgan fingerprint density at radius 1 is 1.22 bits per heavy atom. The lowest BCUT2D eigenvalue weighted by Crippen LogP contribution is -1.99. The minimum atomic E-state index is -0.445. The van der Waals surface area contributed by atoms with Crippen LogP contribution in [0.3, 0.4) is 0 Å². The topological polar surface area (TPSA) is 56.5 Å². The standard InChI is InChI=1S/C17H11BrO4S/c1-21-13-8-9-14-16(23-17(20)22-14)15(13)12(19)7-4-10-2-5-11(18)6-3-10/h2-9H,1H3/b7-4+. The van der Waals surface area contributed by atoms with Crippen LogP contribution >= 0.6 is 27.3 Å². The predicted molar refractivity (Wildman–Crippen MR) is 94.4 cm³/mol. The van der Waals surface area contributed by atoms with Crippen LogP contribution in [0.5, 0.6) is 5.75 Å². The molecule has 3 rings (SSSR count). The van der Waals surface area contributed by atoms with Gasteiger partial charge in [-0.05, 0) is 35.9 Å². The van der Waals surface area contributed by atoms with E-state index in [0.29, 0.717) is 21.6 Å². The summed E-state index contributed by atoms with van der Waals surface area (Å²) < 4.78 is 11.8. The molecule has 1 aromatic heterocycles. The van der Waals surface area contributed by atoms with Crippen LogP contribution in [0.25, 0.3) is 16.4 Å². The summed E-state index contributed by atoms with van der Waals surface area (Å²) in [7, 11) is 1.49. The zero-order valence-electron chi connectivity index (χ0n) is 12.0. The Balaban J connectivity index is 2.02. The van der Waals surface area contributed by atoms with Gasteiger partial charge >= 0.3 is 4.94 Å². The average molecular weight is 391 g/mol. The quantitative estimate of drug-likeness (QED) is 0.485. The first-order valence-electron chi connectivity index (χ1n) is 6.67. The number of ether oxygens (including phenoxy) is 1. The molecule has 0 radical (unpaired) electrons. The molecule has 0 saturated heterocycles. The molecule has 0 spiro atoms. The predicted octanol–water partition coefficient (Wildman–Crippen LogP) is 4.52. The molecule has 2 aromatic carbocycles. The van der Waals surface area contributed by atoms with E-state index in [2.05, 4.69) is 15.9 Å². The summed E-state index contributed by atoms with van der Waals surface area (Å²) in [6.07, 6.45) is 3.18. The van der Waals surface area contributed by atoms with Crippen molar-refractivity contribution in [3.63, 3.8) is 0 Å². The summed E-state index contributed by atoms with van der Waals surface area (Å²) in [5.74, 6) is 0.174. The average Bonchev–Trinajstić information content (AvgIpc) is 2.93. The minimum Gasteiger partial charge on any atom is -0.496 e. The van der Waals surface area contributed by atoms with Crippen LogP contribution in [0, 0.1) is 0 Å². The van der Waals surface area contributed by atoms with Gasteiger partial charge in [0.2, 0.25) is 0 Å². The SMILES string of the molecule is COc1ccc2oc(=O)sc2c1C(=O)/C=C/c1ccc(Br)cc1. The summed E-state index contributed by atoms with van der Waals surface area (Å²) in [6, 6.07) is 10.8. The third kappa shape index (κ3) is 3.28. The van der Waals surface area contributed by atoms with Crippen molar-refractivity contribution in [3.8, 4) is 5.75 Å². The van der Waals surface area contributed by atoms with Crippen molar-refractivity contribution >= 4 is 49.4 Å². The summed E-state index contributed by atoms with van der Waals surface area (Å²) in [6.45, 7) is 0. The van der Waals surface area contributed by atoms with Gasteiger partial charge in [0.1, 0.15) is 5.75 Å². The Morgan fingerprint density at radius 3 is 2.65 bits per heavy atom. The first kappa shape index (κ1) is 15.7. The molecular weight excluding hydrogens is 380 g/mol. The van der Waals surface area contributed by atoms with Crippen molar-refractivity contribution in [1.29, 1.82) is 0 Å². The van der Waals surface area contributed by atoms with E-state index in [1.165, 1.54) is 13.2 Å². The normalized spacial score (nSPS) is 11.2. The Bertz CT molecular complexity index is 951. The highest BCUT2D eigenvalue weighted by Gasteiger charge is 2.18. The van der Waals surface area contributed by atoms with Gasteiger partial charge in [0.25, 0.3) is 0 Å². The molecule has 0 atom stereocenters. The highest BCUT2D eigenvalue weighted by molar-refractivity contribution is 9.10. The van der Waals surface area contributed by atoms with Gasteiger partial charge in [-0.15, -0.1) is 0 Å². The molecule has 4 nitrogen and oxygen atoms in total. The van der Waals surface area contributed by atoms with Gasteiger partial charge < -0.3 is 9.15 Å². The Hall–Kier alpha value is -2.18. The number of halogens is 1. The minimum absolute atomic E-state index is 0.243. The van der Waals surface area contributed by atoms with E-state index >= 15 is 0 Å². The number of carbonyl (C=O) groups is 1. The molecule has 3 aromatic rings. The lowest BCUT2D eigenvalue weighted by Gasteiger charge is -2.05. The zero-order chi connectivity index (χ0) is 16.4. The maximum atomic E-state index is 12.6. The highest BCUT2D eigenvalue weighted by Crippen LogP contribution is 2.30. The summed E-state index contributed by atoms with van der Waals surface area (Å²) in [5, 5.41) is 0. The van der Waals surface area contributed by atoms with Crippen molar-refractivity contribution in [3.05, 3.63) is 67.8 Å². The van der Waals surface area contributed by atoms with Crippen molar-refractivity contribution in [2.24, 2.45) is 0 Å². The number of hydrogen-bond donors (Lipinski definition) is 0. The molecular formula is C17H11BrO4S. The van der Waals surface area contributed by atoms with Gasteiger partial charge in [0.05, 0.1) is 17.4 Å². The van der Waals surface area contributed by atoms with Crippen molar-refractivity contribution < 1.29 is 13.9 Å². The van der Waals surface area contributed by atoms with E-state index in [1.807, 2.05) is 24.3 Å². The van der Waals surface area contributed by atoms with Crippen molar-refractivity contribution in [2.45, 2.75) is 0 Å². The molecule has 1 heterocycles. The number of ketones is 1. The molecule has 0 aliphatic rings. The Labute approximate surface area is 144 Å². The molecule has 0 aliphatic heterocycles. The number of rotatable bonds is 4. The van der Waals surface area contributed by atoms with Crippen LogP contribution in [0.1, 0.15) is 15.9 Å². The van der Waals surface area contributed by atoms with E-state index in [-0.39, 0.29) is 5.78 Å². The lowest BCUT2D eigenvalue weighted by atomic mass is 10.1. The summed E-state index contributed by atoms with van der Waals surface area (Å²) >= 11 is 4.26. The molecule has 0 saturated carbocycles. The fourth-order valence-electron chi connectivity index (χ4n) is 2.15. The summed E-state index contributed by atoms with van der Waals surface area (Å²) in [4.78, 5) is 23.6. The fraction of sp³-hybridized carbons (Fsp3) is 0.0588. The molecule has 0 aliphatic carbocycles. The van der Waals surface area contributed by atoms with Gasteiger partial charge in [-0.1, -0.05) is 45.5 Å². The second-order valence-electron chi connectivity index (χ2n) is 4.67. The molecule has 0 unspecified atom stereocenters. The number of methoxy groups -OCH3 is 1. The first-order valence-corrected chi connectivity index (χ1v) is 8.28. The highest BCUT2D eigenvalue weighted by atomic mass is 79.9. The third-order valence-electron chi connectivity index (χ3n) is 3.23. The number of benzene rings is 2. The molecule has 0 amide bonds. The van der Waals surface area contributed by atoms with E-state index in [4.69, 9.17) is 9.15 Å². The van der Waals surface area contributed by atoms with Crippen LogP contribution in [-0.2, 0) is 0 Å². The van der Waals surface area contributed by atoms with Crippen LogP contribution in [0.4, 0.5) is 0 Å². The molecule has 6 heteroatoms. The van der Waals surface area contributed by atoms with Gasteiger partial charge in [0, 0.05) is 4.47 Å². The van der Waals surface area contributed by atoms with E-state index in [1.54, 1.807) is 18.2 Å². The smallest absolute Gasteiger partial charge is 0.396 e. The Kier molecular flexibility index (Phi) is 4.45. The largest absolute Gasteiger partial charge is 0.496 e. The van der Waals surface area contributed by atoms with Crippen LogP contribution in [0.2, 0.25) is 0 Å². The van der Waals surface area contributed by atoms with Gasteiger partial charge in [-0.2, -0.15) is 0 Å². The second kappa shape index (κ2) is 6.52. The third-order valence-corrected chi connectivity index (χ3v) is 4.61.